The molecular weight excluding hydrogens is 76.1 g/mol. The normalized spacial score (nSPS) is 60.5. The number of aliphatic hydroxyl groups excluding tert-OH is 1. The minimum Gasteiger partial charge on any atom is -0.396 e. The first-order valence-electron chi connectivity index (χ1n) is 2.54. The van der Waals surface area contributed by atoms with Gasteiger partial charge in [-0.25, -0.2) is 0 Å². The number of fused-ring (bicyclic) bond motifs is 1. The van der Waals surface area contributed by atoms with Gasteiger partial charge in [0.25, 0.3) is 0 Å². The van der Waals surface area contributed by atoms with Crippen molar-refractivity contribution >= 4 is 0 Å². The Bertz CT molecular complexity index is 72.0. The second-order valence-corrected chi connectivity index (χ2v) is 2.41. The Morgan fingerprint density at radius 3 is 2.17 bits per heavy atom. The van der Waals surface area contributed by atoms with Gasteiger partial charge in [-0.15, -0.1) is 0 Å². The predicted octanol–water partition coefficient (Wildman–Crippen LogP) is 0.245. The topological polar surface area (TPSA) is 20.2 Å². The monoisotopic (exact) mass is 84.1 g/mol. The molecule has 2 aliphatic carbocycles. The molecule has 2 saturated carbocycles. The lowest BCUT2D eigenvalue weighted by Crippen LogP contribution is -1.92. The molecule has 1 N–H and O–H groups in total. The van der Waals surface area contributed by atoms with E-state index in [1.807, 2.05) is 0 Å². The van der Waals surface area contributed by atoms with Gasteiger partial charge in [0, 0.05) is 6.61 Å². The Labute approximate surface area is 37.0 Å². The lowest BCUT2D eigenvalue weighted by atomic mass is 10.2. The van der Waals surface area contributed by atoms with Crippen LogP contribution in [-0.4, -0.2) is 11.7 Å². The highest BCUT2D eigenvalue weighted by molar-refractivity contribution is 5.11. The van der Waals surface area contributed by atoms with Crippen molar-refractivity contribution in [1.82, 2.24) is 0 Å². The maximum absolute atomic E-state index is 8.41. The van der Waals surface area contributed by atoms with E-state index in [0.717, 1.165) is 17.8 Å². The van der Waals surface area contributed by atoms with Gasteiger partial charge >= 0.3 is 0 Å². The van der Waals surface area contributed by atoms with Crippen molar-refractivity contribution in [3.05, 3.63) is 0 Å². The van der Waals surface area contributed by atoms with Gasteiger partial charge in [0.1, 0.15) is 0 Å². The number of hydrogen-bond acceptors (Lipinski definition) is 1. The van der Waals surface area contributed by atoms with Gasteiger partial charge in [0.15, 0.2) is 0 Å². The fraction of sp³-hybridized carbons (Fsp3) is 1.00. The molecule has 6 heavy (non-hydrogen) atoms. The summed E-state index contributed by atoms with van der Waals surface area (Å²) in [4.78, 5) is 0. The van der Waals surface area contributed by atoms with E-state index in [1.165, 1.54) is 6.42 Å². The summed E-state index contributed by atoms with van der Waals surface area (Å²) in [6.07, 6.45) is 1.42. The molecule has 0 amide bonds. The molecule has 0 saturated heterocycles. The SMILES string of the molecule is OCC1C2CC12. The minimum atomic E-state index is 0.454. The van der Waals surface area contributed by atoms with Crippen molar-refractivity contribution in [3.8, 4) is 0 Å². The molecule has 2 unspecified atom stereocenters. The van der Waals surface area contributed by atoms with Crippen molar-refractivity contribution in [3.63, 3.8) is 0 Å². The van der Waals surface area contributed by atoms with Gasteiger partial charge in [0.2, 0.25) is 0 Å². The lowest BCUT2D eigenvalue weighted by molar-refractivity contribution is 0.250. The lowest BCUT2D eigenvalue weighted by Gasteiger charge is -1.90. The fourth-order valence-corrected chi connectivity index (χ4v) is 1.18. The molecule has 2 aliphatic rings. The third-order valence-electron chi connectivity index (χ3n) is 2.06. The molecule has 0 spiro atoms. The van der Waals surface area contributed by atoms with Gasteiger partial charge in [-0.2, -0.15) is 0 Å². The molecule has 0 bridgehead atoms. The highest BCUT2D eigenvalue weighted by atomic mass is 16.3. The fourth-order valence-electron chi connectivity index (χ4n) is 1.18. The smallest absolute Gasteiger partial charge is 0.0464 e. The van der Waals surface area contributed by atoms with Crippen LogP contribution in [0.25, 0.3) is 0 Å². The summed E-state index contributed by atoms with van der Waals surface area (Å²) in [6.45, 7) is 0.454. The summed E-state index contributed by atoms with van der Waals surface area (Å²) in [5.41, 5.74) is 0. The Morgan fingerprint density at radius 2 is 2.17 bits per heavy atom. The van der Waals surface area contributed by atoms with E-state index in [9.17, 15) is 0 Å². The molecule has 34 valence electrons. The third-order valence-corrected chi connectivity index (χ3v) is 2.06. The van der Waals surface area contributed by atoms with Crippen LogP contribution in [-0.2, 0) is 0 Å². The number of hydrogen-bond donors (Lipinski definition) is 1. The van der Waals surface area contributed by atoms with E-state index < -0.39 is 0 Å². The maximum atomic E-state index is 8.41. The van der Waals surface area contributed by atoms with Crippen LogP contribution in [0.2, 0.25) is 0 Å². The first-order chi connectivity index (χ1) is 2.93. The molecule has 0 heterocycles. The van der Waals surface area contributed by atoms with Gasteiger partial charge in [-0.3, -0.25) is 0 Å². The highest BCUT2D eigenvalue weighted by Gasteiger charge is 2.63. The quantitative estimate of drug-likeness (QED) is 0.482. The van der Waals surface area contributed by atoms with Crippen molar-refractivity contribution in [2.75, 3.05) is 6.61 Å². The summed E-state index contributed by atoms with van der Waals surface area (Å²) in [5.74, 6) is 2.72. The molecule has 0 aromatic carbocycles. The summed E-state index contributed by atoms with van der Waals surface area (Å²) in [6, 6.07) is 0. The molecule has 0 aliphatic heterocycles. The molecule has 1 heteroatoms. The zero-order valence-electron chi connectivity index (χ0n) is 3.59. The van der Waals surface area contributed by atoms with Crippen LogP contribution < -0.4 is 0 Å². The zero-order chi connectivity index (χ0) is 4.15. The highest BCUT2D eigenvalue weighted by Crippen LogP contribution is 2.67. The average molecular weight is 84.1 g/mol. The predicted molar refractivity (Wildman–Crippen MR) is 22.2 cm³/mol. The molecule has 0 radical (unpaired) electrons. The maximum Gasteiger partial charge on any atom is 0.0464 e. The molecule has 1 nitrogen and oxygen atoms in total. The Hall–Kier alpha value is -0.0400. The second-order valence-electron chi connectivity index (χ2n) is 2.41. The van der Waals surface area contributed by atoms with E-state index >= 15 is 0 Å². The van der Waals surface area contributed by atoms with Crippen LogP contribution in [0.15, 0.2) is 0 Å². The summed E-state index contributed by atoms with van der Waals surface area (Å²) in [5, 5.41) is 8.41. The summed E-state index contributed by atoms with van der Waals surface area (Å²) in [7, 11) is 0. The molecule has 2 atom stereocenters. The van der Waals surface area contributed by atoms with Gasteiger partial charge in [0.05, 0.1) is 0 Å². The molecule has 2 rings (SSSR count). The van der Waals surface area contributed by atoms with Gasteiger partial charge in [-0.1, -0.05) is 0 Å². The van der Waals surface area contributed by atoms with Gasteiger partial charge < -0.3 is 5.11 Å². The Morgan fingerprint density at radius 1 is 1.50 bits per heavy atom. The largest absolute Gasteiger partial charge is 0.396 e. The molecule has 0 aromatic rings. The first kappa shape index (κ1) is 3.03. The van der Waals surface area contributed by atoms with Crippen molar-refractivity contribution in [2.45, 2.75) is 6.42 Å². The standard InChI is InChI=1S/C5H8O/c6-2-5-3-1-4(3)5/h3-6H,1-2H2. The minimum absolute atomic E-state index is 0.454. The number of rotatable bonds is 1. The van der Waals surface area contributed by atoms with Crippen LogP contribution >= 0.6 is 0 Å². The number of aliphatic hydroxyl groups is 1. The van der Waals surface area contributed by atoms with Crippen LogP contribution in [0.3, 0.4) is 0 Å². The summed E-state index contributed by atoms with van der Waals surface area (Å²) < 4.78 is 0. The third kappa shape index (κ3) is 0.178. The zero-order valence-corrected chi connectivity index (χ0v) is 3.59. The first-order valence-corrected chi connectivity index (χ1v) is 2.54. The van der Waals surface area contributed by atoms with Crippen molar-refractivity contribution in [1.29, 1.82) is 0 Å². The van der Waals surface area contributed by atoms with E-state index in [2.05, 4.69) is 0 Å². The Balaban J connectivity index is 1.92. The van der Waals surface area contributed by atoms with Crippen LogP contribution in [0.5, 0.6) is 0 Å². The van der Waals surface area contributed by atoms with Crippen LogP contribution in [0.4, 0.5) is 0 Å². The molecule has 0 aromatic heterocycles. The average Bonchev–Trinajstić information content (AvgIpc) is 2.12. The van der Waals surface area contributed by atoms with Crippen LogP contribution in [0, 0.1) is 17.8 Å². The van der Waals surface area contributed by atoms with Crippen LogP contribution in [0.1, 0.15) is 6.42 Å². The van der Waals surface area contributed by atoms with E-state index in [4.69, 9.17) is 5.11 Å². The van der Waals surface area contributed by atoms with E-state index in [1.54, 1.807) is 0 Å². The van der Waals surface area contributed by atoms with Gasteiger partial charge in [-0.05, 0) is 24.2 Å². The van der Waals surface area contributed by atoms with Crippen molar-refractivity contribution < 1.29 is 5.11 Å². The molecule has 2 fully saturated rings. The summed E-state index contributed by atoms with van der Waals surface area (Å²) >= 11 is 0. The molecular formula is C5H8O. The Kier molecular flexibility index (Phi) is 0.327. The van der Waals surface area contributed by atoms with Crippen molar-refractivity contribution in [2.24, 2.45) is 17.8 Å². The van der Waals surface area contributed by atoms with E-state index in [0.29, 0.717) is 6.61 Å². The van der Waals surface area contributed by atoms with E-state index in [-0.39, 0.29) is 0 Å². The second kappa shape index (κ2) is 0.648.